The minimum Gasteiger partial charge on any atom is -0.327 e. The fourth-order valence-electron chi connectivity index (χ4n) is 3.09. The topological polar surface area (TPSA) is 33.5 Å². The number of rotatable bonds is 3. The number of benzene rings is 1. The van der Waals surface area contributed by atoms with Gasteiger partial charge in [0.25, 0.3) is 5.91 Å². The minimum atomic E-state index is -0.218. The first-order chi connectivity index (χ1) is 8.86. The Morgan fingerprint density at radius 2 is 1.68 bits per heavy atom. The van der Waals surface area contributed by atoms with E-state index in [1.165, 1.54) is 10.5 Å². The van der Waals surface area contributed by atoms with Gasteiger partial charge in [0.05, 0.1) is 14.1 Å². The maximum Gasteiger partial charge on any atom is 0.285 e. The van der Waals surface area contributed by atoms with E-state index in [0.29, 0.717) is 0 Å². The lowest BCUT2D eigenvalue weighted by Crippen LogP contribution is -3.18. The smallest absolute Gasteiger partial charge is 0.285 e. The van der Waals surface area contributed by atoms with Gasteiger partial charge in [-0.2, -0.15) is 0 Å². The van der Waals surface area contributed by atoms with Crippen LogP contribution in [-0.2, 0) is 4.79 Å². The first-order valence-electron chi connectivity index (χ1n) is 7.07. The van der Waals surface area contributed by atoms with Gasteiger partial charge in [0.2, 0.25) is 0 Å². The first kappa shape index (κ1) is 14.1. The lowest BCUT2D eigenvalue weighted by molar-refractivity contribution is -0.910. The molecule has 1 aromatic carbocycles. The van der Waals surface area contributed by atoms with Crippen LogP contribution in [0.15, 0.2) is 12.1 Å². The van der Waals surface area contributed by atoms with Crippen molar-refractivity contribution in [1.29, 1.82) is 0 Å². The number of likely N-dealkylation sites (N-methyl/N-ethyl adjacent to an activating group) is 1. The molecule has 2 N–H and O–H groups in total. The molecule has 1 aromatic rings. The molecule has 3 nitrogen and oxygen atoms in total. The Morgan fingerprint density at radius 1 is 1.16 bits per heavy atom. The molecule has 0 aromatic heterocycles. The Kier molecular flexibility index (Phi) is 3.68. The molecule has 1 fully saturated rings. The zero-order valence-corrected chi connectivity index (χ0v) is 12.7. The number of carbonyl (C=O) groups is 1. The zero-order valence-electron chi connectivity index (χ0n) is 12.7. The predicted octanol–water partition coefficient (Wildman–Crippen LogP) is 1.62. The van der Waals surface area contributed by atoms with Gasteiger partial charge < -0.3 is 10.2 Å². The second-order valence-electron chi connectivity index (χ2n) is 6.16. The molecule has 1 saturated carbocycles. The van der Waals surface area contributed by atoms with Crippen LogP contribution in [0.1, 0.15) is 36.0 Å². The van der Waals surface area contributed by atoms with Crippen LogP contribution in [0.3, 0.4) is 0 Å². The van der Waals surface area contributed by atoms with Crippen LogP contribution in [0.4, 0.5) is 5.69 Å². The highest BCUT2D eigenvalue weighted by atomic mass is 16.2. The molecule has 1 amide bonds. The summed E-state index contributed by atoms with van der Waals surface area (Å²) in [5.41, 5.74) is 4.31. The minimum absolute atomic E-state index is 0.175. The fraction of sp³-hybridized carbons (Fsp3) is 0.562. The molecule has 1 aliphatic rings. The number of hydrogen-bond acceptors (Lipinski definition) is 1. The Morgan fingerprint density at radius 3 is 2.05 bits per heavy atom. The van der Waals surface area contributed by atoms with Gasteiger partial charge in [-0.1, -0.05) is 17.7 Å². The molecular formula is C16H25N2O+. The average molecular weight is 261 g/mol. The van der Waals surface area contributed by atoms with Gasteiger partial charge in [0, 0.05) is 18.5 Å². The number of nitrogens with one attached hydrogen (secondary N) is 2. The molecule has 1 aliphatic carbocycles. The van der Waals surface area contributed by atoms with Gasteiger partial charge in [-0.3, -0.25) is 4.79 Å². The maximum absolute atomic E-state index is 12.6. The molecule has 104 valence electrons. The molecule has 3 heteroatoms. The van der Waals surface area contributed by atoms with Crippen molar-refractivity contribution in [2.24, 2.45) is 0 Å². The summed E-state index contributed by atoms with van der Waals surface area (Å²) in [6, 6.07) is 4.25. The molecule has 0 heterocycles. The Bertz CT molecular complexity index is 478. The predicted molar refractivity (Wildman–Crippen MR) is 78.7 cm³/mol. The number of amides is 1. The van der Waals surface area contributed by atoms with Crippen LogP contribution in [-0.4, -0.2) is 25.5 Å². The maximum atomic E-state index is 12.6. The number of quaternary nitrogens is 1. The lowest BCUT2D eigenvalue weighted by atomic mass is 9.75. The van der Waals surface area contributed by atoms with Crippen molar-refractivity contribution >= 4 is 11.6 Å². The highest BCUT2D eigenvalue weighted by Gasteiger charge is 2.50. The third-order valence-electron chi connectivity index (χ3n) is 4.51. The SMILES string of the molecule is Cc1cc(C)c(NC(=O)C2([NH+](C)C)CCC2)c(C)c1. The summed E-state index contributed by atoms with van der Waals surface area (Å²) in [4.78, 5) is 13.9. The molecule has 0 radical (unpaired) electrons. The van der Waals surface area contributed by atoms with Gasteiger partial charge in [-0.15, -0.1) is 0 Å². The van der Waals surface area contributed by atoms with Gasteiger partial charge in [0.15, 0.2) is 5.54 Å². The largest absolute Gasteiger partial charge is 0.327 e. The summed E-state index contributed by atoms with van der Waals surface area (Å²) < 4.78 is 0. The van der Waals surface area contributed by atoms with Crippen molar-refractivity contribution in [3.63, 3.8) is 0 Å². The average Bonchev–Trinajstić information content (AvgIpc) is 2.20. The molecule has 0 unspecified atom stereocenters. The van der Waals surface area contributed by atoms with Crippen LogP contribution in [0.2, 0.25) is 0 Å². The van der Waals surface area contributed by atoms with Crippen molar-refractivity contribution in [2.45, 2.75) is 45.6 Å². The molecule has 19 heavy (non-hydrogen) atoms. The van der Waals surface area contributed by atoms with Crippen LogP contribution < -0.4 is 10.2 Å². The van der Waals surface area contributed by atoms with Gasteiger partial charge in [-0.05, 0) is 38.3 Å². The number of carbonyl (C=O) groups excluding carboxylic acids is 1. The summed E-state index contributed by atoms with van der Waals surface area (Å²) in [6.07, 6.45) is 3.14. The van der Waals surface area contributed by atoms with E-state index in [1.54, 1.807) is 0 Å². The standard InChI is InChI=1S/C16H24N2O/c1-11-9-12(2)14(13(3)10-11)17-15(19)16(18(4)5)7-6-8-16/h9-10H,6-8H2,1-5H3,(H,17,19)/p+1. The van der Waals surface area contributed by atoms with E-state index in [9.17, 15) is 4.79 Å². The molecule has 2 rings (SSSR count). The van der Waals surface area contributed by atoms with Crippen LogP contribution in [0.25, 0.3) is 0 Å². The van der Waals surface area contributed by atoms with Crippen molar-refractivity contribution in [3.05, 3.63) is 28.8 Å². The van der Waals surface area contributed by atoms with Crippen molar-refractivity contribution < 1.29 is 9.69 Å². The molecule has 0 spiro atoms. The van der Waals surface area contributed by atoms with E-state index in [1.807, 2.05) is 0 Å². The Labute approximate surface area is 116 Å². The lowest BCUT2D eigenvalue weighted by Gasteiger charge is -2.42. The van der Waals surface area contributed by atoms with Crippen LogP contribution >= 0.6 is 0 Å². The van der Waals surface area contributed by atoms with E-state index in [-0.39, 0.29) is 11.4 Å². The van der Waals surface area contributed by atoms with Crippen LogP contribution in [0.5, 0.6) is 0 Å². The van der Waals surface area contributed by atoms with Crippen molar-refractivity contribution in [3.8, 4) is 0 Å². The van der Waals surface area contributed by atoms with E-state index in [4.69, 9.17) is 0 Å². The highest BCUT2D eigenvalue weighted by Crippen LogP contribution is 2.31. The van der Waals surface area contributed by atoms with E-state index in [2.05, 4.69) is 52.3 Å². The first-order valence-corrected chi connectivity index (χ1v) is 7.07. The quantitative estimate of drug-likeness (QED) is 0.852. The van der Waals surface area contributed by atoms with E-state index < -0.39 is 0 Å². The van der Waals surface area contributed by atoms with Crippen molar-refractivity contribution in [1.82, 2.24) is 0 Å². The van der Waals surface area contributed by atoms with Crippen LogP contribution in [0, 0.1) is 20.8 Å². The van der Waals surface area contributed by atoms with Gasteiger partial charge in [0.1, 0.15) is 0 Å². The van der Waals surface area contributed by atoms with E-state index in [0.717, 1.165) is 36.1 Å². The third-order valence-corrected chi connectivity index (χ3v) is 4.51. The van der Waals surface area contributed by atoms with Gasteiger partial charge in [-0.25, -0.2) is 0 Å². The summed E-state index contributed by atoms with van der Waals surface area (Å²) in [5.74, 6) is 0.175. The fourth-order valence-corrected chi connectivity index (χ4v) is 3.09. The van der Waals surface area contributed by atoms with E-state index >= 15 is 0 Å². The highest BCUT2D eigenvalue weighted by molar-refractivity contribution is 5.98. The Hall–Kier alpha value is -1.35. The number of aryl methyl sites for hydroxylation is 3. The van der Waals surface area contributed by atoms with Gasteiger partial charge >= 0.3 is 0 Å². The summed E-state index contributed by atoms with van der Waals surface area (Å²) in [5, 5.41) is 3.17. The molecule has 0 aliphatic heterocycles. The number of hydrogen-bond donors (Lipinski definition) is 2. The molecule has 0 bridgehead atoms. The second kappa shape index (κ2) is 4.97. The monoisotopic (exact) mass is 261 g/mol. The summed E-state index contributed by atoms with van der Waals surface area (Å²) >= 11 is 0. The Balaban J connectivity index is 2.24. The normalized spacial score (nSPS) is 17.2. The molecule has 0 atom stereocenters. The zero-order chi connectivity index (χ0) is 14.2. The number of anilines is 1. The second-order valence-corrected chi connectivity index (χ2v) is 6.16. The summed E-state index contributed by atoms with van der Waals surface area (Å²) in [7, 11) is 4.15. The summed E-state index contributed by atoms with van der Waals surface area (Å²) in [6.45, 7) is 6.21. The molecular weight excluding hydrogens is 236 g/mol. The van der Waals surface area contributed by atoms with Crippen molar-refractivity contribution in [2.75, 3.05) is 19.4 Å². The molecule has 0 saturated heterocycles. The third kappa shape index (κ3) is 2.39.